The normalized spacial score (nSPS) is 13.0. The Balaban J connectivity index is 1.38. The molecule has 4 aromatic rings. The molecule has 1 aliphatic heterocycles. The maximum absolute atomic E-state index is 11.7. The van der Waals surface area contributed by atoms with Crippen LogP contribution in [0.4, 0.5) is 0 Å². The summed E-state index contributed by atoms with van der Waals surface area (Å²) in [7, 11) is 0. The van der Waals surface area contributed by atoms with E-state index in [2.05, 4.69) is 61.7 Å². The molecule has 0 radical (unpaired) electrons. The van der Waals surface area contributed by atoms with Crippen molar-refractivity contribution in [2.45, 2.75) is 19.3 Å². The van der Waals surface area contributed by atoms with Crippen molar-refractivity contribution in [3.05, 3.63) is 131 Å². The first-order valence-corrected chi connectivity index (χ1v) is 14.4. The second-order valence-electron chi connectivity index (χ2n) is 10.8. The van der Waals surface area contributed by atoms with Crippen molar-refractivity contribution < 1.29 is 33.3 Å². The number of esters is 2. The van der Waals surface area contributed by atoms with E-state index < -0.39 is 17.4 Å². The maximum atomic E-state index is 11.7. The maximum Gasteiger partial charge on any atom is 0.333 e. The Morgan fingerprint density at radius 2 is 1.05 bits per heavy atom. The van der Waals surface area contributed by atoms with Gasteiger partial charge in [-0.3, -0.25) is 0 Å². The van der Waals surface area contributed by atoms with Crippen molar-refractivity contribution in [1.82, 2.24) is 0 Å². The minimum absolute atomic E-state index is 0.0968. The third kappa shape index (κ3) is 5.00. The van der Waals surface area contributed by atoms with E-state index >= 15 is 0 Å². The molecule has 7 nitrogen and oxygen atoms in total. The summed E-state index contributed by atoms with van der Waals surface area (Å²) < 4.78 is 28.8. The van der Waals surface area contributed by atoms with E-state index in [0.717, 1.165) is 22.3 Å². The van der Waals surface area contributed by atoms with Gasteiger partial charge < -0.3 is 23.7 Å². The highest BCUT2D eigenvalue weighted by Gasteiger charge is 2.51. The topological polar surface area (TPSA) is 80.3 Å². The fourth-order valence-electron chi connectivity index (χ4n) is 5.89. The fraction of sp³-hybridized carbons (Fsp3) is 0.189. The van der Waals surface area contributed by atoms with Crippen LogP contribution in [0.15, 0.2) is 109 Å². The molecule has 7 heteroatoms. The Bertz CT molecular complexity index is 1670. The Morgan fingerprint density at radius 3 is 1.48 bits per heavy atom. The molecule has 0 saturated carbocycles. The zero-order chi connectivity index (χ0) is 30.8. The Morgan fingerprint density at radius 1 is 0.614 bits per heavy atom. The predicted octanol–water partition coefficient (Wildman–Crippen LogP) is 7.15. The highest BCUT2D eigenvalue weighted by Crippen LogP contribution is 2.62. The van der Waals surface area contributed by atoms with Crippen molar-refractivity contribution in [2.24, 2.45) is 0 Å². The average molecular weight is 589 g/mol. The molecule has 0 aromatic heterocycles. The summed E-state index contributed by atoms with van der Waals surface area (Å²) in [6.45, 7) is 11.0. The van der Waals surface area contributed by atoms with Gasteiger partial charge in [0.25, 0.3) is 0 Å². The van der Waals surface area contributed by atoms with Crippen LogP contribution in [0.3, 0.4) is 0 Å². The third-order valence-corrected chi connectivity index (χ3v) is 7.75. The molecule has 0 N–H and O–H groups in total. The van der Waals surface area contributed by atoms with Gasteiger partial charge >= 0.3 is 11.9 Å². The second kappa shape index (κ2) is 11.8. The zero-order valence-corrected chi connectivity index (χ0v) is 24.7. The molecule has 222 valence electrons. The highest BCUT2D eigenvalue weighted by atomic mass is 16.6. The zero-order valence-electron chi connectivity index (χ0n) is 24.7. The molecule has 0 atom stereocenters. The van der Waals surface area contributed by atoms with Gasteiger partial charge in [0.1, 0.15) is 49.4 Å². The molecule has 0 amide bonds. The van der Waals surface area contributed by atoms with Crippen LogP contribution in [-0.2, 0) is 24.5 Å². The van der Waals surface area contributed by atoms with Crippen molar-refractivity contribution in [3.63, 3.8) is 0 Å². The van der Waals surface area contributed by atoms with Crippen molar-refractivity contribution in [1.29, 1.82) is 0 Å². The number of fused-ring (bicyclic) bond motifs is 9. The van der Waals surface area contributed by atoms with Gasteiger partial charge in [0, 0.05) is 34.4 Å². The van der Waals surface area contributed by atoms with E-state index in [1.807, 2.05) is 36.4 Å². The SMILES string of the molecule is C=C(C)C(=O)OCCOc1ccc2c(c1)Oc1cc(OCCOC(=O)C(=C)C)ccc1C21c2ccccc2-c2ccccc21. The van der Waals surface area contributed by atoms with E-state index in [1.54, 1.807) is 13.8 Å². The van der Waals surface area contributed by atoms with Crippen LogP contribution in [0, 0.1) is 0 Å². The van der Waals surface area contributed by atoms with Gasteiger partial charge in [-0.25, -0.2) is 9.59 Å². The van der Waals surface area contributed by atoms with Gasteiger partial charge in [0.2, 0.25) is 0 Å². The molecular weight excluding hydrogens is 556 g/mol. The van der Waals surface area contributed by atoms with Crippen molar-refractivity contribution in [2.75, 3.05) is 26.4 Å². The van der Waals surface area contributed by atoms with E-state index in [1.165, 1.54) is 11.1 Å². The lowest BCUT2D eigenvalue weighted by Crippen LogP contribution is -2.32. The van der Waals surface area contributed by atoms with Gasteiger partial charge in [0.15, 0.2) is 0 Å². The molecule has 0 unspecified atom stereocenters. The molecule has 1 spiro atoms. The molecule has 2 aliphatic rings. The molecule has 4 aromatic carbocycles. The molecule has 44 heavy (non-hydrogen) atoms. The number of hydrogen-bond donors (Lipinski definition) is 0. The van der Waals surface area contributed by atoms with Crippen LogP contribution >= 0.6 is 0 Å². The first-order chi connectivity index (χ1) is 21.3. The van der Waals surface area contributed by atoms with Crippen LogP contribution in [0.25, 0.3) is 11.1 Å². The number of ether oxygens (including phenoxy) is 5. The van der Waals surface area contributed by atoms with Crippen LogP contribution in [-0.4, -0.2) is 38.4 Å². The Hall–Kier alpha value is -5.30. The van der Waals surface area contributed by atoms with Gasteiger partial charge in [-0.05, 0) is 48.2 Å². The van der Waals surface area contributed by atoms with Crippen LogP contribution in [0.2, 0.25) is 0 Å². The van der Waals surface area contributed by atoms with Crippen molar-refractivity contribution in [3.8, 4) is 34.1 Å². The molecule has 0 saturated heterocycles. The largest absolute Gasteiger partial charge is 0.490 e. The van der Waals surface area contributed by atoms with Crippen molar-refractivity contribution >= 4 is 11.9 Å². The molecular formula is C37H32O7. The van der Waals surface area contributed by atoms with E-state index in [9.17, 15) is 9.59 Å². The van der Waals surface area contributed by atoms with Gasteiger partial charge in [0.05, 0.1) is 5.41 Å². The molecule has 6 rings (SSSR count). The summed E-state index contributed by atoms with van der Waals surface area (Å²) in [5.41, 5.74) is 6.67. The second-order valence-corrected chi connectivity index (χ2v) is 10.8. The van der Waals surface area contributed by atoms with Crippen LogP contribution in [0.1, 0.15) is 36.1 Å². The summed E-state index contributed by atoms with van der Waals surface area (Å²) in [5.74, 6) is 1.55. The molecule has 1 heterocycles. The monoisotopic (exact) mass is 588 g/mol. The van der Waals surface area contributed by atoms with Gasteiger partial charge in [-0.1, -0.05) is 73.8 Å². The Kier molecular flexibility index (Phi) is 7.70. The van der Waals surface area contributed by atoms with Gasteiger partial charge in [-0.15, -0.1) is 0 Å². The molecule has 1 aliphatic carbocycles. The lowest BCUT2D eigenvalue weighted by molar-refractivity contribution is -0.140. The average Bonchev–Trinajstić information content (AvgIpc) is 3.32. The fourth-order valence-corrected chi connectivity index (χ4v) is 5.89. The number of rotatable bonds is 10. The van der Waals surface area contributed by atoms with E-state index in [0.29, 0.717) is 34.1 Å². The lowest BCUT2D eigenvalue weighted by Gasteiger charge is -2.39. The summed E-state index contributed by atoms with van der Waals surface area (Å²) >= 11 is 0. The molecule has 0 fully saturated rings. The number of carbonyl (C=O) groups excluding carboxylic acids is 2. The predicted molar refractivity (Wildman–Crippen MR) is 166 cm³/mol. The Labute approximate surface area is 256 Å². The first-order valence-electron chi connectivity index (χ1n) is 14.4. The summed E-state index contributed by atoms with van der Waals surface area (Å²) in [6.07, 6.45) is 0. The highest BCUT2D eigenvalue weighted by molar-refractivity contribution is 5.89. The quantitative estimate of drug-likeness (QED) is 0.0955. The summed E-state index contributed by atoms with van der Waals surface area (Å²) in [4.78, 5) is 23.5. The summed E-state index contributed by atoms with van der Waals surface area (Å²) in [5, 5.41) is 0. The van der Waals surface area contributed by atoms with E-state index in [4.69, 9.17) is 23.7 Å². The lowest BCUT2D eigenvalue weighted by atomic mass is 9.66. The standard InChI is InChI=1S/C37H32O7/c1-23(2)35(38)42-19-17-40-25-13-15-31-33(21-25)44-34-22-26(41-18-20-43-36(39)24(3)4)14-16-32(34)37(31)29-11-7-5-9-27(29)28-10-6-8-12-30(28)37/h5-16,21-22H,1,3,17-20H2,2,4H3. The number of hydrogen-bond acceptors (Lipinski definition) is 7. The number of carbonyl (C=O) groups is 2. The van der Waals surface area contributed by atoms with Gasteiger partial charge in [-0.2, -0.15) is 0 Å². The third-order valence-electron chi connectivity index (χ3n) is 7.75. The minimum Gasteiger partial charge on any atom is -0.490 e. The smallest absolute Gasteiger partial charge is 0.333 e. The van der Waals surface area contributed by atoms with E-state index in [-0.39, 0.29) is 26.4 Å². The van der Waals surface area contributed by atoms with Crippen LogP contribution in [0.5, 0.6) is 23.0 Å². The first kappa shape index (κ1) is 28.8. The van der Waals surface area contributed by atoms with Crippen LogP contribution < -0.4 is 14.2 Å². The number of benzene rings is 4. The minimum atomic E-state index is -0.638. The summed E-state index contributed by atoms with van der Waals surface area (Å²) in [6, 6.07) is 28.6. The molecule has 0 bridgehead atoms.